The Morgan fingerprint density at radius 3 is 2.57 bits per heavy atom. The van der Waals surface area contributed by atoms with Crippen LogP contribution < -0.4 is 15.4 Å². The van der Waals surface area contributed by atoms with Crippen LogP contribution in [0, 0.1) is 5.82 Å². The van der Waals surface area contributed by atoms with Crippen LogP contribution in [0.25, 0.3) is 0 Å². The van der Waals surface area contributed by atoms with E-state index in [0.717, 1.165) is 5.75 Å². The standard InChI is InChI=1S/C21H21FN4O2/c1-14(2)28-17-9-7-16(8-10-17)26-21(27)19-11-20(25-13-24-19)23-12-15-5-3-4-6-18(15)22/h3-11,13-14H,12H2,1-2H3,(H,26,27)(H,23,24,25). The van der Waals surface area contributed by atoms with Crippen molar-refractivity contribution in [1.82, 2.24) is 9.97 Å². The van der Waals surface area contributed by atoms with Gasteiger partial charge in [-0.3, -0.25) is 4.79 Å². The number of aromatic nitrogens is 2. The molecule has 0 saturated carbocycles. The molecule has 0 aliphatic carbocycles. The minimum atomic E-state index is -0.367. The highest BCUT2D eigenvalue weighted by molar-refractivity contribution is 6.03. The first-order valence-electron chi connectivity index (χ1n) is 8.88. The molecule has 2 N–H and O–H groups in total. The third-order valence-corrected chi connectivity index (χ3v) is 3.80. The number of hydrogen-bond donors (Lipinski definition) is 2. The largest absolute Gasteiger partial charge is 0.491 e. The predicted octanol–water partition coefficient (Wildman–Crippen LogP) is 4.27. The Morgan fingerprint density at radius 1 is 1.11 bits per heavy atom. The van der Waals surface area contributed by atoms with Crippen molar-refractivity contribution in [2.75, 3.05) is 10.6 Å². The topological polar surface area (TPSA) is 76.1 Å². The Hall–Kier alpha value is -3.48. The Balaban J connectivity index is 1.62. The van der Waals surface area contributed by atoms with Gasteiger partial charge in [-0.05, 0) is 44.2 Å². The molecule has 1 heterocycles. The van der Waals surface area contributed by atoms with E-state index in [1.54, 1.807) is 42.5 Å². The van der Waals surface area contributed by atoms with E-state index in [4.69, 9.17) is 4.74 Å². The summed E-state index contributed by atoms with van der Waals surface area (Å²) >= 11 is 0. The second-order valence-electron chi connectivity index (χ2n) is 6.38. The number of rotatable bonds is 7. The van der Waals surface area contributed by atoms with Crippen molar-refractivity contribution in [2.45, 2.75) is 26.5 Å². The van der Waals surface area contributed by atoms with E-state index in [2.05, 4.69) is 20.6 Å². The molecule has 7 heteroatoms. The molecule has 0 unspecified atom stereocenters. The lowest BCUT2D eigenvalue weighted by Gasteiger charge is -2.11. The highest BCUT2D eigenvalue weighted by Gasteiger charge is 2.10. The maximum absolute atomic E-state index is 13.7. The summed E-state index contributed by atoms with van der Waals surface area (Å²) < 4.78 is 19.3. The van der Waals surface area contributed by atoms with E-state index < -0.39 is 0 Å². The van der Waals surface area contributed by atoms with Gasteiger partial charge in [0.25, 0.3) is 5.91 Å². The van der Waals surface area contributed by atoms with Crippen molar-refractivity contribution >= 4 is 17.4 Å². The molecule has 144 valence electrons. The van der Waals surface area contributed by atoms with Gasteiger partial charge in [-0.1, -0.05) is 18.2 Å². The number of amides is 1. The molecular weight excluding hydrogens is 359 g/mol. The van der Waals surface area contributed by atoms with E-state index in [0.29, 0.717) is 17.1 Å². The zero-order chi connectivity index (χ0) is 19.9. The van der Waals surface area contributed by atoms with Crippen molar-refractivity contribution < 1.29 is 13.9 Å². The smallest absolute Gasteiger partial charge is 0.274 e. The van der Waals surface area contributed by atoms with Gasteiger partial charge in [0.2, 0.25) is 0 Å². The maximum atomic E-state index is 13.7. The summed E-state index contributed by atoms with van der Waals surface area (Å²) in [5.41, 5.74) is 1.34. The molecule has 0 spiro atoms. The third kappa shape index (κ3) is 5.26. The number of carbonyl (C=O) groups is 1. The lowest BCUT2D eigenvalue weighted by atomic mass is 10.2. The first kappa shape index (κ1) is 19.3. The fourth-order valence-electron chi connectivity index (χ4n) is 2.49. The first-order valence-corrected chi connectivity index (χ1v) is 8.88. The van der Waals surface area contributed by atoms with Gasteiger partial charge in [0, 0.05) is 23.9 Å². The Morgan fingerprint density at radius 2 is 1.86 bits per heavy atom. The summed E-state index contributed by atoms with van der Waals surface area (Å²) in [7, 11) is 0. The Bertz CT molecular complexity index is 945. The average molecular weight is 380 g/mol. The Labute approximate surface area is 162 Å². The minimum absolute atomic E-state index is 0.0803. The number of carbonyl (C=O) groups excluding carboxylic acids is 1. The molecular formula is C21H21FN4O2. The van der Waals surface area contributed by atoms with Crippen LogP contribution in [0.4, 0.5) is 15.9 Å². The van der Waals surface area contributed by atoms with Crippen molar-refractivity contribution in [2.24, 2.45) is 0 Å². The van der Waals surface area contributed by atoms with E-state index in [1.807, 2.05) is 13.8 Å². The Kier molecular flexibility index (Phi) is 6.16. The minimum Gasteiger partial charge on any atom is -0.491 e. The number of nitrogens with one attached hydrogen (secondary N) is 2. The molecule has 0 radical (unpaired) electrons. The van der Waals surface area contributed by atoms with Crippen LogP contribution in [-0.4, -0.2) is 22.0 Å². The number of anilines is 2. The second kappa shape index (κ2) is 8.94. The number of ether oxygens (including phenoxy) is 1. The second-order valence-corrected chi connectivity index (χ2v) is 6.38. The molecule has 0 atom stereocenters. The normalized spacial score (nSPS) is 10.6. The highest BCUT2D eigenvalue weighted by Crippen LogP contribution is 2.18. The van der Waals surface area contributed by atoms with Crippen LogP contribution in [0.15, 0.2) is 60.9 Å². The summed E-state index contributed by atoms with van der Waals surface area (Å²) in [5, 5.41) is 5.78. The van der Waals surface area contributed by atoms with Crippen LogP contribution in [0.1, 0.15) is 29.9 Å². The van der Waals surface area contributed by atoms with E-state index in [9.17, 15) is 9.18 Å². The van der Waals surface area contributed by atoms with E-state index in [1.165, 1.54) is 18.5 Å². The van der Waals surface area contributed by atoms with Crippen LogP contribution in [0.3, 0.4) is 0 Å². The summed E-state index contributed by atoms with van der Waals surface area (Å²) in [6.45, 7) is 4.15. The average Bonchev–Trinajstić information content (AvgIpc) is 2.69. The number of benzene rings is 2. The van der Waals surface area contributed by atoms with Gasteiger partial charge in [0.05, 0.1) is 6.10 Å². The predicted molar refractivity (Wildman–Crippen MR) is 106 cm³/mol. The van der Waals surface area contributed by atoms with Crippen molar-refractivity contribution in [3.05, 3.63) is 78.0 Å². The van der Waals surface area contributed by atoms with Crippen LogP contribution in [0.2, 0.25) is 0 Å². The van der Waals surface area contributed by atoms with Gasteiger partial charge in [0.15, 0.2) is 0 Å². The van der Waals surface area contributed by atoms with Crippen molar-refractivity contribution in [3.63, 3.8) is 0 Å². The zero-order valence-electron chi connectivity index (χ0n) is 15.6. The number of nitrogens with zero attached hydrogens (tertiary/aromatic N) is 2. The zero-order valence-corrected chi connectivity index (χ0v) is 15.6. The van der Waals surface area contributed by atoms with Gasteiger partial charge < -0.3 is 15.4 Å². The number of halogens is 1. The lowest BCUT2D eigenvalue weighted by molar-refractivity contribution is 0.102. The van der Waals surface area contributed by atoms with E-state index >= 15 is 0 Å². The summed E-state index contributed by atoms with van der Waals surface area (Å²) in [4.78, 5) is 20.5. The molecule has 28 heavy (non-hydrogen) atoms. The van der Waals surface area contributed by atoms with Gasteiger partial charge in [0.1, 0.15) is 29.4 Å². The molecule has 0 bridgehead atoms. The molecule has 0 fully saturated rings. The van der Waals surface area contributed by atoms with E-state index in [-0.39, 0.29) is 30.1 Å². The van der Waals surface area contributed by atoms with Gasteiger partial charge in [-0.15, -0.1) is 0 Å². The summed E-state index contributed by atoms with van der Waals surface area (Å²) in [5.74, 6) is 0.500. The molecule has 0 aliphatic rings. The van der Waals surface area contributed by atoms with Gasteiger partial charge in [-0.25, -0.2) is 14.4 Å². The molecule has 6 nitrogen and oxygen atoms in total. The third-order valence-electron chi connectivity index (χ3n) is 3.80. The van der Waals surface area contributed by atoms with Crippen molar-refractivity contribution in [3.8, 4) is 5.75 Å². The molecule has 1 aromatic heterocycles. The molecule has 0 aliphatic heterocycles. The van der Waals surface area contributed by atoms with Gasteiger partial charge in [-0.2, -0.15) is 0 Å². The molecule has 1 amide bonds. The quantitative estimate of drug-likeness (QED) is 0.640. The summed E-state index contributed by atoms with van der Waals surface area (Å²) in [6, 6.07) is 15.1. The molecule has 0 saturated heterocycles. The molecule has 3 rings (SSSR count). The highest BCUT2D eigenvalue weighted by atomic mass is 19.1. The van der Waals surface area contributed by atoms with Crippen LogP contribution in [-0.2, 0) is 6.54 Å². The molecule has 3 aromatic rings. The van der Waals surface area contributed by atoms with Crippen LogP contribution in [0.5, 0.6) is 5.75 Å². The summed E-state index contributed by atoms with van der Waals surface area (Å²) in [6.07, 6.45) is 1.37. The van der Waals surface area contributed by atoms with Crippen LogP contribution >= 0.6 is 0 Å². The maximum Gasteiger partial charge on any atom is 0.274 e. The lowest BCUT2D eigenvalue weighted by Crippen LogP contribution is -2.15. The van der Waals surface area contributed by atoms with Crippen molar-refractivity contribution in [1.29, 1.82) is 0 Å². The number of hydrogen-bond acceptors (Lipinski definition) is 5. The fourth-order valence-corrected chi connectivity index (χ4v) is 2.49. The molecule has 2 aromatic carbocycles. The monoisotopic (exact) mass is 380 g/mol. The SMILES string of the molecule is CC(C)Oc1ccc(NC(=O)c2cc(NCc3ccccc3F)ncn2)cc1. The first-order chi connectivity index (χ1) is 13.5. The fraction of sp³-hybridized carbons (Fsp3) is 0.190. The van der Waals surface area contributed by atoms with Gasteiger partial charge >= 0.3 is 0 Å².